The molecule has 118 valence electrons. The molecule has 3 rings (SSSR count). The molecule has 4 nitrogen and oxygen atoms in total. The number of hydrogen-bond acceptors (Lipinski definition) is 5. The lowest BCUT2D eigenvalue weighted by Crippen LogP contribution is -2.52. The Kier molecular flexibility index (Phi) is 5.20. The number of aromatic nitrogens is 1. The number of hydrogen-bond donors (Lipinski definition) is 2. The summed E-state index contributed by atoms with van der Waals surface area (Å²) in [7, 11) is 0. The molecule has 1 saturated heterocycles. The van der Waals surface area contributed by atoms with Crippen LogP contribution < -0.4 is 5.32 Å². The molecule has 0 bridgehead atoms. The van der Waals surface area contributed by atoms with Gasteiger partial charge in [0.1, 0.15) is 0 Å². The van der Waals surface area contributed by atoms with Crippen molar-refractivity contribution in [2.75, 3.05) is 19.6 Å². The molecule has 1 aliphatic rings. The lowest BCUT2D eigenvalue weighted by molar-refractivity contribution is -0.0194. The summed E-state index contributed by atoms with van der Waals surface area (Å²) >= 11 is 1.72. The lowest BCUT2D eigenvalue weighted by Gasteiger charge is -2.37. The molecular formula is C17H23N3OS. The summed E-state index contributed by atoms with van der Waals surface area (Å²) in [5, 5.41) is 18.4. The number of pyridine rings is 1. The van der Waals surface area contributed by atoms with Crippen molar-refractivity contribution >= 4 is 11.3 Å². The highest BCUT2D eigenvalue weighted by molar-refractivity contribution is 7.07. The molecule has 2 aromatic heterocycles. The molecule has 0 saturated carbocycles. The molecular weight excluding hydrogens is 294 g/mol. The van der Waals surface area contributed by atoms with Crippen LogP contribution >= 0.6 is 11.3 Å². The van der Waals surface area contributed by atoms with Gasteiger partial charge in [-0.1, -0.05) is 6.07 Å². The van der Waals surface area contributed by atoms with E-state index >= 15 is 0 Å². The fourth-order valence-corrected chi connectivity index (χ4v) is 3.72. The molecule has 1 unspecified atom stereocenters. The quantitative estimate of drug-likeness (QED) is 0.858. The van der Waals surface area contributed by atoms with E-state index in [0.717, 1.165) is 32.5 Å². The maximum atomic E-state index is 10.8. The van der Waals surface area contributed by atoms with E-state index in [-0.39, 0.29) is 0 Å². The Morgan fingerprint density at radius 2 is 2.23 bits per heavy atom. The van der Waals surface area contributed by atoms with Crippen LogP contribution in [-0.4, -0.2) is 40.2 Å². The highest BCUT2D eigenvalue weighted by Gasteiger charge is 2.31. The summed E-state index contributed by atoms with van der Waals surface area (Å²) in [4.78, 5) is 6.52. The van der Waals surface area contributed by atoms with Gasteiger partial charge in [-0.05, 0) is 53.4 Å². The second kappa shape index (κ2) is 7.33. The van der Waals surface area contributed by atoms with Crippen LogP contribution in [0, 0.1) is 0 Å². The Bertz CT molecular complexity index is 553. The summed E-state index contributed by atoms with van der Waals surface area (Å²) in [5.41, 5.74) is 1.86. The van der Waals surface area contributed by atoms with Gasteiger partial charge in [0.25, 0.3) is 0 Å². The molecule has 0 amide bonds. The maximum absolute atomic E-state index is 10.8. The highest BCUT2D eigenvalue weighted by atomic mass is 32.1. The molecule has 2 N–H and O–H groups in total. The summed E-state index contributed by atoms with van der Waals surface area (Å²) in [6.45, 7) is 4.05. The number of nitrogens with zero attached hydrogens (tertiary/aromatic N) is 2. The summed E-state index contributed by atoms with van der Waals surface area (Å²) in [6.07, 6.45) is 5.61. The fourth-order valence-electron chi connectivity index (χ4n) is 3.06. The molecule has 1 atom stereocenters. The van der Waals surface area contributed by atoms with Crippen LogP contribution in [0.3, 0.4) is 0 Å². The van der Waals surface area contributed by atoms with Gasteiger partial charge in [0.15, 0.2) is 0 Å². The van der Waals surface area contributed by atoms with Crippen LogP contribution in [0.15, 0.2) is 41.4 Å². The minimum Gasteiger partial charge on any atom is -0.387 e. The third kappa shape index (κ3) is 4.36. The van der Waals surface area contributed by atoms with Crippen LogP contribution in [0.2, 0.25) is 0 Å². The minimum absolute atomic E-state index is 0.628. The Hall–Kier alpha value is -1.27. The first-order chi connectivity index (χ1) is 10.7. The molecule has 0 aromatic carbocycles. The summed E-state index contributed by atoms with van der Waals surface area (Å²) in [5.74, 6) is 0. The fraction of sp³-hybridized carbons (Fsp3) is 0.471. The number of aliphatic hydroxyl groups is 1. The molecule has 0 spiro atoms. The SMILES string of the molecule is OC1(CN(Cc2cccnc2)Cc2ccsc2)CCCNC1. The number of piperidine rings is 1. The van der Waals surface area contributed by atoms with Crippen LogP contribution in [0.5, 0.6) is 0 Å². The summed E-state index contributed by atoms with van der Waals surface area (Å²) < 4.78 is 0. The largest absolute Gasteiger partial charge is 0.387 e. The van der Waals surface area contributed by atoms with Gasteiger partial charge in [-0.3, -0.25) is 9.88 Å². The highest BCUT2D eigenvalue weighted by Crippen LogP contribution is 2.21. The molecule has 5 heteroatoms. The predicted octanol–water partition coefficient (Wildman–Crippen LogP) is 2.26. The second-order valence-corrected chi connectivity index (χ2v) is 6.92. The average molecular weight is 317 g/mol. The van der Waals surface area contributed by atoms with E-state index in [0.29, 0.717) is 13.1 Å². The van der Waals surface area contributed by atoms with Crippen molar-refractivity contribution in [3.8, 4) is 0 Å². The van der Waals surface area contributed by atoms with E-state index in [9.17, 15) is 5.11 Å². The Labute approximate surface area is 135 Å². The smallest absolute Gasteiger partial charge is 0.0898 e. The number of nitrogens with one attached hydrogen (secondary N) is 1. The van der Waals surface area contributed by atoms with Gasteiger partial charge in [0.05, 0.1) is 5.60 Å². The lowest BCUT2D eigenvalue weighted by atomic mass is 9.93. The Morgan fingerprint density at radius 1 is 1.32 bits per heavy atom. The zero-order chi connectivity index (χ0) is 15.3. The van der Waals surface area contributed by atoms with Gasteiger partial charge in [-0.2, -0.15) is 11.3 Å². The zero-order valence-corrected chi connectivity index (χ0v) is 13.6. The molecule has 1 fully saturated rings. The standard InChI is InChI=1S/C17H23N3OS/c21-17(5-2-7-19-13-17)14-20(11-16-4-8-22-12-16)10-15-3-1-6-18-9-15/h1,3-4,6,8-9,12,19,21H,2,5,7,10-11,13-14H2. The predicted molar refractivity (Wildman–Crippen MR) is 89.7 cm³/mol. The second-order valence-electron chi connectivity index (χ2n) is 6.14. The average Bonchev–Trinajstić information content (AvgIpc) is 3.01. The van der Waals surface area contributed by atoms with Crippen molar-refractivity contribution < 1.29 is 5.11 Å². The molecule has 3 heterocycles. The van der Waals surface area contributed by atoms with Gasteiger partial charge in [-0.15, -0.1) is 0 Å². The van der Waals surface area contributed by atoms with Crippen LogP contribution in [0.4, 0.5) is 0 Å². The van der Waals surface area contributed by atoms with Crippen LogP contribution in [-0.2, 0) is 13.1 Å². The Balaban J connectivity index is 1.70. The molecule has 22 heavy (non-hydrogen) atoms. The first-order valence-electron chi connectivity index (χ1n) is 7.79. The van der Waals surface area contributed by atoms with E-state index in [1.54, 1.807) is 17.5 Å². The first-order valence-corrected chi connectivity index (χ1v) is 8.73. The molecule has 0 aliphatic carbocycles. The third-order valence-electron chi connectivity index (χ3n) is 4.08. The van der Waals surface area contributed by atoms with Gasteiger partial charge >= 0.3 is 0 Å². The normalized spacial score (nSPS) is 22.1. The van der Waals surface area contributed by atoms with Crippen LogP contribution in [0.25, 0.3) is 0 Å². The van der Waals surface area contributed by atoms with E-state index in [1.807, 2.05) is 12.3 Å². The molecule has 0 radical (unpaired) electrons. The van der Waals surface area contributed by atoms with Crippen molar-refractivity contribution in [3.63, 3.8) is 0 Å². The van der Waals surface area contributed by atoms with Crippen molar-refractivity contribution in [3.05, 3.63) is 52.5 Å². The monoisotopic (exact) mass is 317 g/mol. The number of β-amino-alcohol motifs (C(OH)–C–C–N with tert-alkyl or cyclic N) is 1. The van der Waals surface area contributed by atoms with Gasteiger partial charge in [-0.25, -0.2) is 0 Å². The maximum Gasteiger partial charge on any atom is 0.0898 e. The number of rotatable bonds is 6. The van der Waals surface area contributed by atoms with Crippen LogP contribution in [0.1, 0.15) is 24.0 Å². The van der Waals surface area contributed by atoms with Crippen molar-refractivity contribution in [2.45, 2.75) is 31.5 Å². The number of thiophene rings is 1. The first kappa shape index (κ1) is 15.6. The van der Waals surface area contributed by atoms with E-state index in [1.165, 1.54) is 11.1 Å². The van der Waals surface area contributed by atoms with Crippen molar-refractivity contribution in [1.29, 1.82) is 0 Å². The van der Waals surface area contributed by atoms with E-state index in [4.69, 9.17) is 0 Å². The minimum atomic E-state index is -0.628. The van der Waals surface area contributed by atoms with E-state index < -0.39 is 5.60 Å². The van der Waals surface area contributed by atoms with Gasteiger partial charge < -0.3 is 10.4 Å². The van der Waals surface area contributed by atoms with Gasteiger partial charge in [0.2, 0.25) is 0 Å². The topological polar surface area (TPSA) is 48.4 Å². The van der Waals surface area contributed by atoms with Crippen molar-refractivity contribution in [2.24, 2.45) is 0 Å². The molecule has 2 aromatic rings. The van der Waals surface area contributed by atoms with E-state index in [2.05, 4.69) is 38.1 Å². The zero-order valence-electron chi connectivity index (χ0n) is 12.7. The summed E-state index contributed by atoms with van der Waals surface area (Å²) in [6, 6.07) is 6.22. The van der Waals surface area contributed by atoms with Gasteiger partial charge in [0, 0.05) is 38.6 Å². The third-order valence-corrected chi connectivity index (χ3v) is 4.81. The van der Waals surface area contributed by atoms with Crippen molar-refractivity contribution in [1.82, 2.24) is 15.2 Å². The molecule has 1 aliphatic heterocycles. The Morgan fingerprint density at radius 3 is 2.91 bits per heavy atom.